The summed E-state index contributed by atoms with van der Waals surface area (Å²) in [5.74, 6) is 1.48. The molecule has 4 aromatic rings. The Labute approximate surface area is 183 Å². The first-order valence-corrected chi connectivity index (χ1v) is 10.0. The Morgan fingerprint density at radius 2 is 1.91 bits per heavy atom. The van der Waals surface area contributed by atoms with Crippen molar-refractivity contribution in [3.63, 3.8) is 0 Å². The molecule has 164 valence electrons. The summed E-state index contributed by atoms with van der Waals surface area (Å²) < 4.78 is 14.0. The zero-order valence-corrected chi connectivity index (χ0v) is 17.7. The molecule has 1 aromatic carbocycles. The lowest BCUT2D eigenvalue weighted by Crippen LogP contribution is -2.32. The molecule has 0 unspecified atom stereocenters. The highest BCUT2D eigenvalue weighted by atomic mass is 16.5. The van der Waals surface area contributed by atoms with Crippen LogP contribution in [0.2, 0.25) is 0 Å². The summed E-state index contributed by atoms with van der Waals surface area (Å²) in [4.78, 5) is 33.2. The molecule has 3 heterocycles. The standard InChI is InChI=1S/C22H22N6O4/c1-3-31-16-4-6-17(7-5-16)32-20-10-15(8-9-23-20)11-24-19(29)13-28-14-25-21-18(22(28)30)12-26-27(21)2/h4-10,12,14H,3,11,13H2,1-2H3,(H,24,29). The minimum absolute atomic E-state index is 0.142. The lowest BCUT2D eigenvalue weighted by Gasteiger charge is -2.09. The minimum Gasteiger partial charge on any atom is -0.494 e. The van der Waals surface area contributed by atoms with Gasteiger partial charge in [0, 0.05) is 25.9 Å². The van der Waals surface area contributed by atoms with Gasteiger partial charge in [0.1, 0.15) is 29.8 Å². The van der Waals surface area contributed by atoms with Gasteiger partial charge in [0.2, 0.25) is 11.8 Å². The van der Waals surface area contributed by atoms with E-state index in [0.29, 0.717) is 29.3 Å². The van der Waals surface area contributed by atoms with E-state index < -0.39 is 0 Å². The summed E-state index contributed by atoms with van der Waals surface area (Å²) in [6, 6.07) is 10.8. The van der Waals surface area contributed by atoms with Gasteiger partial charge in [-0.2, -0.15) is 5.10 Å². The third-order valence-electron chi connectivity index (χ3n) is 4.68. The van der Waals surface area contributed by atoms with E-state index >= 15 is 0 Å². The van der Waals surface area contributed by atoms with Crippen molar-refractivity contribution in [2.45, 2.75) is 20.0 Å². The molecule has 1 N–H and O–H groups in total. The molecule has 10 heteroatoms. The smallest absolute Gasteiger partial charge is 0.264 e. The molecule has 0 spiro atoms. The molecule has 0 saturated heterocycles. The Kier molecular flexibility index (Phi) is 6.11. The maximum absolute atomic E-state index is 12.5. The molecular formula is C22H22N6O4. The molecule has 0 radical (unpaired) electrons. The van der Waals surface area contributed by atoms with Crippen LogP contribution in [0.3, 0.4) is 0 Å². The number of aromatic nitrogens is 5. The van der Waals surface area contributed by atoms with Crippen LogP contribution in [0.4, 0.5) is 0 Å². The maximum Gasteiger partial charge on any atom is 0.264 e. The molecule has 0 aliphatic heterocycles. The number of rotatable bonds is 8. The fourth-order valence-electron chi connectivity index (χ4n) is 3.10. The minimum atomic E-state index is -0.317. The molecule has 0 aliphatic carbocycles. The van der Waals surface area contributed by atoms with Crippen LogP contribution in [0.1, 0.15) is 12.5 Å². The second-order valence-corrected chi connectivity index (χ2v) is 6.97. The van der Waals surface area contributed by atoms with Crippen molar-refractivity contribution in [1.29, 1.82) is 0 Å². The first kappa shape index (κ1) is 21.0. The zero-order valence-electron chi connectivity index (χ0n) is 17.7. The Morgan fingerprint density at radius 1 is 1.12 bits per heavy atom. The van der Waals surface area contributed by atoms with Gasteiger partial charge in [-0.1, -0.05) is 0 Å². The number of nitrogens with zero attached hydrogens (tertiary/aromatic N) is 5. The van der Waals surface area contributed by atoms with E-state index in [1.54, 1.807) is 37.5 Å². The molecule has 0 aliphatic rings. The van der Waals surface area contributed by atoms with E-state index in [9.17, 15) is 9.59 Å². The van der Waals surface area contributed by atoms with Crippen molar-refractivity contribution in [3.8, 4) is 17.4 Å². The first-order valence-electron chi connectivity index (χ1n) is 10.0. The average molecular weight is 434 g/mol. The average Bonchev–Trinajstić information content (AvgIpc) is 3.17. The molecule has 0 atom stereocenters. The van der Waals surface area contributed by atoms with Crippen molar-refractivity contribution >= 4 is 16.9 Å². The van der Waals surface area contributed by atoms with Crippen LogP contribution in [-0.4, -0.2) is 36.8 Å². The number of nitrogens with one attached hydrogen (secondary N) is 1. The molecule has 3 aromatic heterocycles. The van der Waals surface area contributed by atoms with Crippen molar-refractivity contribution in [2.75, 3.05) is 6.61 Å². The summed E-state index contributed by atoms with van der Waals surface area (Å²) in [6.07, 6.45) is 4.40. The quantitative estimate of drug-likeness (QED) is 0.451. The Morgan fingerprint density at radius 3 is 2.69 bits per heavy atom. The molecule has 0 saturated carbocycles. The van der Waals surface area contributed by atoms with Crippen molar-refractivity contribution in [1.82, 2.24) is 29.6 Å². The maximum atomic E-state index is 12.5. The van der Waals surface area contributed by atoms with Gasteiger partial charge in [0.25, 0.3) is 5.56 Å². The van der Waals surface area contributed by atoms with Gasteiger partial charge < -0.3 is 14.8 Å². The highest BCUT2D eigenvalue weighted by Crippen LogP contribution is 2.23. The molecule has 0 bridgehead atoms. The van der Waals surface area contributed by atoms with Gasteiger partial charge in [0.05, 0.1) is 12.8 Å². The number of hydrogen-bond acceptors (Lipinski definition) is 7. The fraction of sp³-hybridized carbons (Fsp3) is 0.227. The normalized spacial score (nSPS) is 10.8. The molecule has 0 fully saturated rings. The molecular weight excluding hydrogens is 412 g/mol. The third kappa shape index (κ3) is 4.75. The first-order chi connectivity index (χ1) is 15.5. The second kappa shape index (κ2) is 9.29. The number of aryl methyl sites for hydroxylation is 1. The molecule has 32 heavy (non-hydrogen) atoms. The van der Waals surface area contributed by atoms with Gasteiger partial charge in [-0.15, -0.1) is 0 Å². The summed E-state index contributed by atoms with van der Waals surface area (Å²) in [6.45, 7) is 2.64. The van der Waals surface area contributed by atoms with Gasteiger partial charge >= 0.3 is 0 Å². The molecule has 10 nitrogen and oxygen atoms in total. The Hall–Kier alpha value is -4.21. The summed E-state index contributed by atoms with van der Waals surface area (Å²) >= 11 is 0. The van der Waals surface area contributed by atoms with Crippen molar-refractivity contribution in [3.05, 3.63) is 71.0 Å². The number of carbonyl (C=O) groups excluding carboxylic acids is 1. The summed E-state index contributed by atoms with van der Waals surface area (Å²) in [7, 11) is 1.70. The van der Waals surface area contributed by atoms with Gasteiger partial charge in [-0.25, -0.2) is 9.97 Å². The van der Waals surface area contributed by atoms with Gasteiger partial charge in [-0.05, 0) is 42.8 Å². The van der Waals surface area contributed by atoms with E-state index in [2.05, 4.69) is 20.4 Å². The zero-order chi connectivity index (χ0) is 22.5. The Balaban J connectivity index is 1.36. The largest absolute Gasteiger partial charge is 0.494 e. The van der Waals surface area contributed by atoms with E-state index in [4.69, 9.17) is 9.47 Å². The van der Waals surface area contributed by atoms with Crippen LogP contribution in [0.25, 0.3) is 11.0 Å². The number of amides is 1. The van der Waals surface area contributed by atoms with E-state index in [-0.39, 0.29) is 24.6 Å². The van der Waals surface area contributed by atoms with Crippen LogP contribution in [0, 0.1) is 0 Å². The van der Waals surface area contributed by atoms with Gasteiger partial charge in [0.15, 0.2) is 5.65 Å². The van der Waals surface area contributed by atoms with Crippen molar-refractivity contribution in [2.24, 2.45) is 7.05 Å². The number of fused-ring (bicyclic) bond motifs is 1. The highest BCUT2D eigenvalue weighted by Gasteiger charge is 2.11. The lowest BCUT2D eigenvalue weighted by atomic mass is 10.2. The van der Waals surface area contributed by atoms with Crippen LogP contribution in [-0.2, 0) is 24.9 Å². The van der Waals surface area contributed by atoms with Crippen LogP contribution in [0.15, 0.2) is 59.9 Å². The monoisotopic (exact) mass is 434 g/mol. The number of hydrogen-bond donors (Lipinski definition) is 1. The molecule has 4 rings (SSSR count). The Bertz CT molecular complexity index is 1300. The summed E-state index contributed by atoms with van der Waals surface area (Å²) in [5.41, 5.74) is 0.971. The van der Waals surface area contributed by atoms with E-state index in [1.165, 1.54) is 21.8 Å². The van der Waals surface area contributed by atoms with E-state index in [0.717, 1.165) is 11.3 Å². The highest BCUT2D eigenvalue weighted by molar-refractivity contribution is 5.77. The topological polar surface area (TPSA) is 113 Å². The number of benzene rings is 1. The van der Waals surface area contributed by atoms with Crippen LogP contribution >= 0.6 is 0 Å². The number of carbonyl (C=O) groups is 1. The van der Waals surface area contributed by atoms with Crippen LogP contribution < -0.4 is 20.3 Å². The lowest BCUT2D eigenvalue weighted by molar-refractivity contribution is -0.121. The third-order valence-corrected chi connectivity index (χ3v) is 4.68. The predicted molar refractivity (Wildman–Crippen MR) is 117 cm³/mol. The molecule has 1 amide bonds. The SMILES string of the molecule is CCOc1ccc(Oc2cc(CNC(=O)Cn3cnc4c(cnn4C)c3=O)ccn2)cc1. The van der Waals surface area contributed by atoms with Gasteiger partial charge in [-0.3, -0.25) is 18.8 Å². The second-order valence-electron chi connectivity index (χ2n) is 6.97. The van der Waals surface area contributed by atoms with E-state index in [1.807, 2.05) is 19.1 Å². The number of ether oxygens (including phenoxy) is 2. The van der Waals surface area contributed by atoms with Crippen LogP contribution in [0.5, 0.6) is 17.4 Å². The number of pyridine rings is 1. The fourth-order valence-corrected chi connectivity index (χ4v) is 3.10. The predicted octanol–water partition coefficient (Wildman–Crippen LogP) is 2.03. The summed E-state index contributed by atoms with van der Waals surface area (Å²) in [5, 5.41) is 7.18. The van der Waals surface area contributed by atoms with Crippen molar-refractivity contribution < 1.29 is 14.3 Å².